The van der Waals surface area contributed by atoms with E-state index in [2.05, 4.69) is 13.4 Å². The van der Waals surface area contributed by atoms with Crippen molar-refractivity contribution in [3.63, 3.8) is 0 Å². The smallest absolute Gasteiger partial charge is 0.210 e. The van der Waals surface area contributed by atoms with E-state index < -0.39 is 10.0 Å². The van der Waals surface area contributed by atoms with Gasteiger partial charge in [0.15, 0.2) is 0 Å². The highest BCUT2D eigenvalue weighted by Crippen LogP contribution is 2.37. The van der Waals surface area contributed by atoms with Crippen LogP contribution in [0.4, 0.5) is 11.4 Å². The number of halogens is 1. The third kappa shape index (κ3) is 2.80. The zero-order chi connectivity index (χ0) is 13.2. The van der Waals surface area contributed by atoms with Gasteiger partial charge >= 0.3 is 0 Å². The minimum atomic E-state index is -3.59. The first kappa shape index (κ1) is 13.7. The van der Waals surface area contributed by atoms with Gasteiger partial charge in [0.1, 0.15) is 16.3 Å². The van der Waals surface area contributed by atoms with Crippen LogP contribution in [0.5, 0.6) is 0 Å². The molecule has 0 saturated heterocycles. The predicted octanol–water partition coefficient (Wildman–Crippen LogP) is 2.71. The topological polar surface area (TPSA) is 70.9 Å². The van der Waals surface area contributed by atoms with Gasteiger partial charge in [-0.25, -0.2) is 13.1 Å². The summed E-state index contributed by atoms with van der Waals surface area (Å²) in [7, 11) is -3.59. The van der Waals surface area contributed by atoms with E-state index in [-0.39, 0.29) is 16.8 Å². The lowest BCUT2D eigenvalue weighted by Gasteiger charge is -2.10. The first-order chi connectivity index (χ1) is 8.54. The summed E-state index contributed by atoms with van der Waals surface area (Å²) in [6, 6.07) is 4.89. The van der Waals surface area contributed by atoms with Crippen molar-refractivity contribution in [2.75, 3.05) is 6.54 Å². The third-order valence-electron chi connectivity index (χ3n) is 2.48. The Kier molecular flexibility index (Phi) is 4.16. The van der Waals surface area contributed by atoms with Crippen molar-refractivity contribution in [1.29, 1.82) is 0 Å². The van der Waals surface area contributed by atoms with Gasteiger partial charge in [0.25, 0.3) is 0 Å². The van der Waals surface area contributed by atoms with Crippen LogP contribution in [-0.4, -0.2) is 20.3 Å². The van der Waals surface area contributed by atoms with Crippen molar-refractivity contribution in [2.45, 2.75) is 23.6 Å². The van der Waals surface area contributed by atoms with Crippen LogP contribution in [0, 0.1) is 0 Å². The molecule has 98 valence electrons. The molecule has 0 amide bonds. The Morgan fingerprint density at radius 1 is 1.44 bits per heavy atom. The standard InChI is InChI=1S/C10H12ClN3O2S2/c1-2-7(11)6-12-18(15,16)9-5-3-4-8-10(9)14-17-13-8/h3-5,7,12H,2,6H2,1H3. The number of hydrogen-bond donors (Lipinski definition) is 1. The summed E-state index contributed by atoms with van der Waals surface area (Å²) in [6.07, 6.45) is 0.701. The van der Waals surface area contributed by atoms with Crippen LogP contribution in [0.3, 0.4) is 0 Å². The molecule has 5 nitrogen and oxygen atoms in total. The van der Waals surface area contributed by atoms with E-state index in [4.69, 9.17) is 11.6 Å². The summed E-state index contributed by atoms with van der Waals surface area (Å²) in [4.78, 5) is 0.147. The quantitative estimate of drug-likeness (QED) is 0.863. The predicted molar refractivity (Wildman–Crippen MR) is 73.1 cm³/mol. The maximum Gasteiger partial charge on any atom is 0.242 e. The van der Waals surface area contributed by atoms with Gasteiger partial charge < -0.3 is 0 Å². The molecular formula is C10H12ClN3O2S2. The number of nitrogens with zero attached hydrogens (tertiary/aromatic N) is 2. The lowest BCUT2D eigenvalue weighted by molar-refractivity contribution is 0.579. The zero-order valence-electron chi connectivity index (χ0n) is 9.63. The van der Waals surface area contributed by atoms with Gasteiger partial charge in [0.2, 0.25) is 10.0 Å². The average Bonchev–Trinajstić information content (AvgIpc) is 2.83. The van der Waals surface area contributed by atoms with Crippen LogP contribution in [0.15, 0.2) is 31.8 Å². The maximum atomic E-state index is 12.1. The molecule has 1 aliphatic heterocycles. The van der Waals surface area contributed by atoms with E-state index in [1.807, 2.05) is 6.92 Å². The van der Waals surface area contributed by atoms with E-state index in [0.29, 0.717) is 17.8 Å². The Morgan fingerprint density at radius 2 is 2.22 bits per heavy atom. The minimum absolute atomic E-state index is 0.147. The van der Waals surface area contributed by atoms with Crippen molar-refractivity contribution in [2.24, 2.45) is 8.73 Å². The fourth-order valence-electron chi connectivity index (χ4n) is 1.42. The first-order valence-corrected chi connectivity index (χ1v) is 8.04. The molecule has 0 spiro atoms. The molecule has 0 radical (unpaired) electrons. The largest absolute Gasteiger partial charge is 0.242 e. The van der Waals surface area contributed by atoms with Crippen LogP contribution in [0.2, 0.25) is 0 Å². The van der Waals surface area contributed by atoms with E-state index in [1.165, 1.54) is 6.07 Å². The molecule has 0 fully saturated rings. The molecule has 0 aromatic heterocycles. The lowest BCUT2D eigenvalue weighted by Crippen LogP contribution is -2.29. The monoisotopic (exact) mass is 305 g/mol. The Labute approximate surface area is 114 Å². The van der Waals surface area contributed by atoms with Crippen molar-refractivity contribution in [3.8, 4) is 0 Å². The van der Waals surface area contributed by atoms with Crippen molar-refractivity contribution < 1.29 is 8.42 Å². The summed E-state index contributed by atoms with van der Waals surface area (Å²) in [5.41, 5.74) is 0.985. The van der Waals surface area contributed by atoms with E-state index >= 15 is 0 Å². The van der Waals surface area contributed by atoms with Gasteiger partial charge in [-0.05, 0) is 18.6 Å². The molecule has 1 aromatic carbocycles. The Morgan fingerprint density at radius 3 is 2.94 bits per heavy atom. The SMILES string of the molecule is CCC(Cl)CNS(=O)(=O)c1cccc2c1N=S=N2. The number of hydrogen-bond acceptors (Lipinski definition) is 4. The average molecular weight is 306 g/mol. The molecule has 1 aliphatic rings. The highest BCUT2D eigenvalue weighted by atomic mass is 35.5. The van der Waals surface area contributed by atoms with Crippen molar-refractivity contribution >= 4 is 44.4 Å². The fraction of sp³-hybridized carbons (Fsp3) is 0.400. The molecule has 0 bridgehead atoms. The number of benzene rings is 1. The molecule has 1 aromatic rings. The number of alkyl halides is 1. The van der Waals surface area contributed by atoms with Gasteiger partial charge in [-0.15, -0.1) is 11.6 Å². The second kappa shape index (κ2) is 5.48. The molecule has 1 unspecified atom stereocenters. The summed E-state index contributed by atoms with van der Waals surface area (Å²) >= 11 is 6.90. The Hall–Kier alpha value is -0.760. The Balaban J connectivity index is 2.27. The second-order valence-corrected chi connectivity index (χ2v) is 6.63. The molecule has 0 aliphatic carbocycles. The van der Waals surface area contributed by atoms with Gasteiger partial charge in [-0.1, -0.05) is 13.0 Å². The number of fused-ring (bicyclic) bond motifs is 1. The van der Waals surface area contributed by atoms with Crippen LogP contribution in [0.25, 0.3) is 0 Å². The summed E-state index contributed by atoms with van der Waals surface area (Å²) in [6.45, 7) is 2.10. The maximum absolute atomic E-state index is 12.1. The van der Waals surface area contributed by atoms with Crippen LogP contribution >= 0.6 is 11.6 Å². The number of sulfonamides is 1. The molecule has 1 heterocycles. The van der Waals surface area contributed by atoms with Gasteiger partial charge in [0.05, 0.1) is 11.4 Å². The fourth-order valence-corrected chi connectivity index (χ4v) is 3.44. The Bertz CT molecular complexity index is 624. The highest BCUT2D eigenvalue weighted by molar-refractivity contribution is 7.89. The zero-order valence-corrected chi connectivity index (χ0v) is 12.0. The molecule has 8 heteroatoms. The molecule has 2 rings (SSSR count). The number of rotatable bonds is 5. The van der Waals surface area contributed by atoms with Crippen LogP contribution in [-0.2, 0) is 21.4 Å². The van der Waals surface area contributed by atoms with Crippen LogP contribution < -0.4 is 4.72 Å². The molecule has 0 saturated carbocycles. The van der Waals surface area contributed by atoms with Crippen LogP contribution in [0.1, 0.15) is 13.3 Å². The molecule has 18 heavy (non-hydrogen) atoms. The molecular weight excluding hydrogens is 294 g/mol. The highest BCUT2D eigenvalue weighted by Gasteiger charge is 2.22. The van der Waals surface area contributed by atoms with E-state index in [9.17, 15) is 8.42 Å². The van der Waals surface area contributed by atoms with Crippen molar-refractivity contribution in [3.05, 3.63) is 18.2 Å². The first-order valence-electron chi connectivity index (χ1n) is 5.39. The van der Waals surface area contributed by atoms with E-state index in [0.717, 1.165) is 11.4 Å². The van der Waals surface area contributed by atoms with Gasteiger partial charge in [-0.2, -0.15) is 8.73 Å². The summed E-state index contributed by atoms with van der Waals surface area (Å²) in [5.74, 6) is 0. The number of nitrogens with one attached hydrogen (secondary N) is 1. The van der Waals surface area contributed by atoms with E-state index in [1.54, 1.807) is 12.1 Å². The molecule has 1 atom stereocenters. The minimum Gasteiger partial charge on any atom is -0.210 e. The van der Waals surface area contributed by atoms with Crippen molar-refractivity contribution in [1.82, 2.24) is 4.72 Å². The van der Waals surface area contributed by atoms with Gasteiger partial charge in [0, 0.05) is 11.9 Å². The van der Waals surface area contributed by atoms with Gasteiger partial charge in [-0.3, -0.25) is 0 Å². The normalized spacial score (nSPS) is 15.2. The summed E-state index contributed by atoms with van der Waals surface area (Å²) in [5, 5.41) is -0.215. The molecule has 1 N–H and O–H groups in total. The summed E-state index contributed by atoms with van der Waals surface area (Å²) < 4.78 is 34.8. The lowest BCUT2D eigenvalue weighted by atomic mass is 10.3. The second-order valence-electron chi connectivity index (χ2n) is 3.75. The third-order valence-corrected chi connectivity index (χ3v) is 4.94.